The molecule has 0 bridgehead atoms. The molecule has 132 valence electrons. The summed E-state index contributed by atoms with van der Waals surface area (Å²) in [6, 6.07) is 3.42. The van der Waals surface area contributed by atoms with Gasteiger partial charge in [0.05, 0.1) is 4.47 Å². The Kier molecular flexibility index (Phi) is 6.16. The van der Waals surface area contributed by atoms with Gasteiger partial charge >= 0.3 is 5.97 Å². The van der Waals surface area contributed by atoms with Gasteiger partial charge in [-0.05, 0) is 68.9 Å². The minimum atomic E-state index is -1.14. The van der Waals surface area contributed by atoms with Gasteiger partial charge < -0.3 is 9.84 Å². The maximum Gasteiger partial charge on any atom is 0.341 e. The van der Waals surface area contributed by atoms with Crippen LogP contribution in [0.5, 0.6) is 5.75 Å². The molecular formula is C15H12BrIN2O5S. The van der Waals surface area contributed by atoms with Gasteiger partial charge in [-0.1, -0.05) is 0 Å². The van der Waals surface area contributed by atoms with E-state index in [1.54, 1.807) is 12.1 Å². The highest BCUT2D eigenvalue weighted by atomic mass is 127. The third-order valence-electron chi connectivity index (χ3n) is 3.32. The Bertz CT molecular complexity index is 800. The predicted molar refractivity (Wildman–Crippen MR) is 106 cm³/mol. The van der Waals surface area contributed by atoms with E-state index in [2.05, 4.69) is 38.5 Å². The van der Waals surface area contributed by atoms with Gasteiger partial charge in [-0.2, -0.15) is 0 Å². The van der Waals surface area contributed by atoms with E-state index in [9.17, 15) is 14.4 Å². The number of thiocarbonyl (C=S) groups is 1. The first-order chi connectivity index (χ1) is 11.6. The Morgan fingerprint density at radius 2 is 1.88 bits per heavy atom. The van der Waals surface area contributed by atoms with Crippen LogP contribution in [0.25, 0.3) is 6.08 Å². The van der Waals surface area contributed by atoms with E-state index in [1.165, 1.54) is 30.0 Å². The topological polar surface area (TPSA) is 87.1 Å². The molecule has 0 aromatic heterocycles. The number of carbonyl (C=O) groups excluding carboxylic acids is 2. The van der Waals surface area contributed by atoms with E-state index in [1.807, 2.05) is 0 Å². The van der Waals surface area contributed by atoms with Crippen LogP contribution >= 0.6 is 50.7 Å². The van der Waals surface area contributed by atoms with Gasteiger partial charge in [-0.15, -0.1) is 0 Å². The third kappa shape index (κ3) is 4.18. The first-order valence-corrected chi connectivity index (χ1v) is 9.07. The van der Waals surface area contributed by atoms with Crippen LogP contribution in [0.15, 0.2) is 22.2 Å². The smallest absolute Gasteiger partial charge is 0.341 e. The molecule has 0 spiro atoms. The second-order valence-corrected chi connectivity index (χ2v) is 7.52. The first-order valence-electron chi connectivity index (χ1n) is 6.79. The SMILES string of the molecule is CN1C(=O)C(=Cc2cc(I)cc(Br)c2OCC(=O)O)C(=O)N(C)C1=S. The molecule has 0 saturated carbocycles. The molecule has 2 rings (SSSR count). The Labute approximate surface area is 170 Å². The monoisotopic (exact) mass is 538 g/mol. The van der Waals surface area contributed by atoms with Crippen molar-refractivity contribution in [3.8, 4) is 5.75 Å². The van der Waals surface area contributed by atoms with Crippen molar-refractivity contribution in [3.05, 3.63) is 31.3 Å². The van der Waals surface area contributed by atoms with E-state index >= 15 is 0 Å². The number of hydrogen-bond acceptors (Lipinski definition) is 5. The van der Waals surface area contributed by atoms with Crippen LogP contribution in [0.3, 0.4) is 0 Å². The summed E-state index contributed by atoms with van der Waals surface area (Å²) >= 11 is 10.4. The van der Waals surface area contributed by atoms with Crippen LogP contribution in [0, 0.1) is 3.57 Å². The highest BCUT2D eigenvalue weighted by Gasteiger charge is 2.35. The molecule has 1 aromatic rings. The Morgan fingerprint density at radius 1 is 1.32 bits per heavy atom. The first kappa shape index (κ1) is 19.8. The molecule has 25 heavy (non-hydrogen) atoms. The van der Waals surface area contributed by atoms with Crippen molar-refractivity contribution < 1.29 is 24.2 Å². The number of carboxylic acids is 1. The lowest BCUT2D eigenvalue weighted by atomic mass is 10.1. The molecule has 1 aliphatic rings. The molecule has 1 fully saturated rings. The van der Waals surface area contributed by atoms with Crippen molar-refractivity contribution in [2.45, 2.75) is 0 Å². The number of likely N-dealkylation sites (N-methyl/N-ethyl adjacent to an activating group) is 2. The van der Waals surface area contributed by atoms with Crippen molar-refractivity contribution in [1.29, 1.82) is 0 Å². The molecule has 1 saturated heterocycles. The summed E-state index contributed by atoms with van der Waals surface area (Å²) in [6.45, 7) is -0.554. The summed E-state index contributed by atoms with van der Waals surface area (Å²) in [5.41, 5.74) is 0.319. The van der Waals surface area contributed by atoms with Gasteiger partial charge in [0.15, 0.2) is 11.7 Å². The predicted octanol–water partition coefficient (Wildman–Crippen LogP) is 2.12. The highest BCUT2D eigenvalue weighted by molar-refractivity contribution is 14.1. The number of carbonyl (C=O) groups is 3. The number of hydrogen-bond donors (Lipinski definition) is 1. The fourth-order valence-electron chi connectivity index (χ4n) is 2.10. The lowest BCUT2D eigenvalue weighted by Gasteiger charge is -2.31. The third-order valence-corrected chi connectivity index (χ3v) is 5.08. The largest absolute Gasteiger partial charge is 0.480 e. The zero-order chi connectivity index (χ0) is 18.9. The normalized spacial score (nSPS) is 14.9. The fraction of sp³-hybridized carbons (Fsp3) is 0.200. The lowest BCUT2D eigenvalue weighted by molar-refractivity contribution is -0.139. The molecule has 0 radical (unpaired) electrons. The van der Waals surface area contributed by atoms with E-state index in [0.717, 1.165) is 3.57 Å². The van der Waals surface area contributed by atoms with E-state index in [-0.39, 0.29) is 16.4 Å². The van der Waals surface area contributed by atoms with Crippen LogP contribution in [0.2, 0.25) is 0 Å². The lowest BCUT2D eigenvalue weighted by Crippen LogP contribution is -2.52. The maximum absolute atomic E-state index is 12.4. The zero-order valence-electron chi connectivity index (χ0n) is 13.1. The van der Waals surface area contributed by atoms with Gasteiger partial charge in [0, 0.05) is 23.2 Å². The second kappa shape index (κ2) is 7.79. The Balaban J connectivity index is 2.55. The van der Waals surface area contributed by atoms with E-state index in [4.69, 9.17) is 22.1 Å². The van der Waals surface area contributed by atoms with Crippen LogP contribution < -0.4 is 4.74 Å². The van der Waals surface area contributed by atoms with Crippen LogP contribution in [0.1, 0.15) is 5.56 Å². The van der Waals surface area contributed by atoms with Gasteiger partial charge in [-0.25, -0.2) is 4.79 Å². The highest BCUT2D eigenvalue weighted by Crippen LogP contribution is 2.34. The summed E-state index contributed by atoms with van der Waals surface area (Å²) < 4.78 is 6.63. The molecule has 1 N–H and O–H groups in total. The minimum Gasteiger partial charge on any atom is -0.480 e. The van der Waals surface area contributed by atoms with E-state index in [0.29, 0.717) is 10.0 Å². The summed E-state index contributed by atoms with van der Waals surface area (Å²) in [5.74, 6) is -1.98. The van der Waals surface area contributed by atoms with Gasteiger partial charge in [0.2, 0.25) is 0 Å². The Hall–Kier alpha value is -1.53. The summed E-state index contributed by atoms with van der Waals surface area (Å²) in [6.07, 6.45) is 1.38. The summed E-state index contributed by atoms with van der Waals surface area (Å²) in [4.78, 5) is 38.0. The number of benzene rings is 1. The molecule has 0 unspecified atom stereocenters. The fourth-order valence-corrected chi connectivity index (χ4v) is 3.93. The molecule has 1 aliphatic heterocycles. The zero-order valence-corrected chi connectivity index (χ0v) is 17.6. The number of carboxylic acid groups (broad SMARTS) is 1. The minimum absolute atomic E-state index is 0.0901. The van der Waals surface area contributed by atoms with Crippen molar-refractivity contribution in [2.75, 3.05) is 20.7 Å². The number of nitrogens with zero attached hydrogens (tertiary/aromatic N) is 2. The molecule has 1 aromatic carbocycles. The number of ether oxygens (including phenoxy) is 1. The van der Waals surface area contributed by atoms with Gasteiger partial charge in [-0.3, -0.25) is 19.4 Å². The standard InChI is InChI=1S/C15H12BrIN2O5S/c1-18-13(22)9(14(23)19(2)15(18)25)4-7-3-8(17)5-10(16)12(7)24-6-11(20)21/h3-5H,6H2,1-2H3,(H,20,21). The molecule has 0 atom stereocenters. The number of halogens is 2. The number of amides is 2. The van der Waals surface area contributed by atoms with Crippen molar-refractivity contribution >= 4 is 79.7 Å². The molecule has 2 amide bonds. The number of rotatable bonds is 4. The van der Waals surface area contributed by atoms with E-state index < -0.39 is 24.4 Å². The molecular weight excluding hydrogens is 527 g/mol. The number of aliphatic carboxylic acids is 1. The Morgan fingerprint density at radius 3 is 2.40 bits per heavy atom. The molecule has 10 heteroatoms. The molecule has 7 nitrogen and oxygen atoms in total. The van der Waals surface area contributed by atoms with Gasteiger partial charge in [0.1, 0.15) is 11.3 Å². The van der Waals surface area contributed by atoms with Crippen LogP contribution in [-0.4, -0.2) is 58.5 Å². The maximum atomic E-state index is 12.4. The molecule has 1 heterocycles. The van der Waals surface area contributed by atoms with Crippen molar-refractivity contribution in [1.82, 2.24) is 9.80 Å². The van der Waals surface area contributed by atoms with Crippen molar-refractivity contribution in [3.63, 3.8) is 0 Å². The average molecular weight is 539 g/mol. The second-order valence-electron chi connectivity index (χ2n) is 5.06. The van der Waals surface area contributed by atoms with Crippen LogP contribution in [0.4, 0.5) is 0 Å². The van der Waals surface area contributed by atoms with Crippen molar-refractivity contribution in [2.24, 2.45) is 0 Å². The quantitative estimate of drug-likeness (QED) is 0.273. The van der Waals surface area contributed by atoms with Gasteiger partial charge in [0.25, 0.3) is 11.8 Å². The summed E-state index contributed by atoms with van der Waals surface area (Å²) in [5, 5.41) is 8.93. The van der Waals surface area contributed by atoms with Crippen LogP contribution in [-0.2, 0) is 14.4 Å². The average Bonchev–Trinajstić information content (AvgIpc) is 2.53. The summed E-state index contributed by atoms with van der Waals surface area (Å²) in [7, 11) is 2.96. The molecule has 0 aliphatic carbocycles.